The summed E-state index contributed by atoms with van der Waals surface area (Å²) in [5.74, 6) is 0.708. The first-order valence-electron chi connectivity index (χ1n) is 3.40. The number of aromatic nitrogens is 1. The summed E-state index contributed by atoms with van der Waals surface area (Å²) in [6.07, 6.45) is 0. The van der Waals surface area contributed by atoms with Gasteiger partial charge in [-0.05, 0) is 12.1 Å². The molecule has 58 valence electrons. The van der Waals surface area contributed by atoms with Crippen LogP contribution in [0.15, 0.2) is 18.2 Å². The fraction of sp³-hybridized carbons (Fsp3) is 0.250. The van der Waals surface area contributed by atoms with E-state index in [4.69, 9.17) is 0 Å². The number of hydrogen-bond donors (Lipinski definition) is 1. The molecule has 0 aliphatic carbocycles. The summed E-state index contributed by atoms with van der Waals surface area (Å²) < 4.78 is 0. The Morgan fingerprint density at radius 3 is 2.82 bits per heavy atom. The van der Waals surface area contributed by atoms with E-state index in [0.717, 1.165) is 5.82 Å². The quantitative estimate of drug-likeness (QED) is 0.646. The van der Waals surface area contributed by atoms with Crippen LogP contribution in [0.4, 0.5) is 5.82 Å². The van der Waals surface area contributed by atoms with Crippen LogP contribution < -0.4 is 5.32 Å². The van der Waals surface area contributed by atoms with Gasteiger partial charge in [0.2, 0.25) is 0 Å². The highest BCUT2D eigenvalue weighted by molar-refractivity contribution is 5.92. The van der Waals surface area contributed by atoms with Crippen LogP contribution in [0.2, 0.25) is 0 Å². The highest BCUT2D eigenvalue weighted by Gasteiger charge is 1.99. The maximum Gasteiger partial charge on any atom is 0.178 e. The summed E-state index contributed by atoms with van der Waals surface area (Å²) >= 11 is 0. The van der Waals surface area contributed by atoms with Crippen LogP contribution in [-0.4, -0.2) is 17.8 Å². The number of carbonyl (C=O) groups excluding carboxylic acids is 1. The van der Waals surface area contributed by atoms with Crippen molar-refractivity contribution in [3.63, 3.8) is 0 Å². The van der Waals surface area contributed by atoms with Crippen molar-refractivity contribution < 1.29 is 4.79 Å². The molecule has 11 heavy (non-hydrogen) atoms. The SMILES string of the molecule is CNc1cccc(C(C)=O)n1. The molecule has 0 bridgehead atoms. The minimum Gasteiger partial charge on any atom is -0.373 e. The second-order valence-electron chi connectivity index (χ2n) is 2.21. The van der Waals surface area contributed by atoms with Gasteiger partial charge in [-0.15, -0.1) is 0 Å². The number of hydrogen-bond acceptors (Lipinski definition) is 3. The van der Waals surface area contributed by atoms with Gasteiger partial charge in [0.15, 0.2) is 5.78 Å². The van der Waals surface area contributed by atoms with Crippen molar-refractivity contribution in [1.82, 2.24) is 4.98 Å². The lowest BCUT2D eigenvalue weighted by atomic mass is 10.3. The molecule has 1 rings (SSSR count). The Morgan fingerprint density at radius 2 is 2.27 bits per heavy atom. The molecule has 0 saturated heterocycles. The van der Waals surface area contributed by atoms with E-state index >= 15 is 0 Å². The zero-order valence-electron chi connectivity index (χ0n) is 6.59. The third-order valence-corrected chi connectivity index (χ3v) is 1.37. The van der Waals surface area contributed by atoms with Crippen LogP contribution in [0.5, 0.6) is 0 Å². The maximum absolute atomic E-state index is 10.8. The van der Waals surface area contributed by atoms with Gasteiger partial charge in [-0.25, -0.2) is 4.98 Å². The lowest BCUT2D eigenvalue weighted by molar-refractivity contribution is 0.101. The van der Waals surface area contributed by atoms with E-state index in [0.29, 0.717) is 5.69 Å². The molecule has 0 aromatic carbocycles. The Bertz CT molecular complexity index is 271. The maximum atomic E-state index is 10.8. The lowest BCUT2D eigenvalue weighted by Gasteiger charge is -1.99. The molecule has 0 unspecified atom stereocenters. The van der Waals surface area contributed by atoms with Gasteiger partial charge in [-0.3, -0.25) is 4.79 Å². The summed E-state index contributed by atoms with van der Waals surface area (Å²) in [6.45, 7) is 1.50. The summed E-state index contributed by atoms with van der Waals surface area (Å²) in [5.41, 5.74) is 0.497. The zero-order chi connectivity index (χ0) is 8.27. The third-order valence-electron chi connectivity index (χ3n) is 1.37. The first-order chi connectivity index (χ1) is 5.24. The number of pyridine rings is 1. The van der Waals surface area contributed by atoms with Crippen LogP contribution in [0, 0.1) is 0 Å². The Hall–Kier alpha value is -1.38. The van der Waals surface area contributed by atoms with Crippen molar-refractivity contribution in [2.24, 2.45) is 0 Å². The third kappa shape index (κ3) is 1.77. The fourth-order valence-corrected chi connectivity index (χ4v) is 0.770. The Balaban J connectivity index is 3.01. The van der Waals surface area contributed by atoms with Crippen molar-refractivity contribution in [2.75, 3.05) is 12.4 Å². The molecular weight excluding hydrogens is 140 g/mol. The Labute approximate surface area is 65.5 Å². The topological polar surface area (TPSA) is 42.0 Å². The normalized spacial score (nSPS) is 9.27. The molecule has 1 heterocycles. The summed E-state index contributed by atoms with van der Waals surface area (Å²) in [6, 6.07) is 5.31. The number of anilines is 1. The van der Waals surface area contributed by atoms with E-state index < -0.39 is 0 Å². The van der Waals surface area contributed by atoms with Gasteiger partial charge in [0, 0.05) is 14.0 Å². The van der Waals surface area contributed by atoms with Crippen molar-refractivity contribution >= 4 is 11.6 Å². The van der Waals surface area contributed by atoms with E-state index in [1.165, 1.54) is 6.92 Å². The first kappa shape index (κ1) is 7.72. The van der Waals surface area contributed by atoms with E-state index in [9.17, 15) is 4.79 Å². The van der Waals surface area contributed by atoms with Crippen LogP contribution in [0.3, 0.4) is 0 Å². The molecule has 0 atom stereocenters. The van der Waals surface area contributed by atoms with Crippen molar-refractivity contribution in [3.8, 4) is 0 Å². The molecule has 0 saturated carbocycles. The second-order valence-corrected chi connectivity index (χ2v) is 2.21. The number of carbonyl (C=O) groups is 1. The Morgan fingerprint density at radius 1 is 1.55 bits per heavy atom. The van der Waals surface area contributed by atoms with E-state index in [1.807, 2.05) is 6.07 Å². The number of Topliss-reactive ketones (excluding diaryl/α,β-unsaturated/α-hetero) is 1. The largest absolute Gasteiger partial charge is 0.373 e. The van der Waals surface area contributed by atoms with Gasteiger partial charge >= 0.3 is 0 Å². The van der Waals surface area contributed by atoms with Crippen molar-refractivity contribution in [2.45, 2.75) is 6.92 Å². The van der Waals surface area contributed by atoms with Crippen LogP contribution in [0.25, 0.3) is 0 Å². The van der Waals surface area contributed by atoms with Crippen molar-refractivity contribution in [1.29, 1.82) is 0 Å². The monoisotopic (exact) mass is 150 g/mol. The van der Waals surface area contributed by atoms with Crippen LogP contribution in [-0.2, 0) is 0 Å². The van der Waals surface area contributed by atoms with Crippen molar-refractivity contribution in [3.05, 3.63) is 23.9 Å². The summed E-state index contributed by atoms with van der Waals surface area (Å²) in [4.78, 5) is 14.9. The van der Waals surface area contributed by atoms with Gasteiger partial charge in [-0.2, -0.15) is 0 Å². The predicted molar refractivity (Wildman–Crippen MR) is 43.8 cm³/mol. The van der Waals surface area contributed by atoms with Crippen LogP contribution >= 0.6 is 0 Å². The first-order valence-corrected chi connectivity index (χ1v) is 3.40. The number of rotatable bonds is 2. The average Bonchev–Trinajstić information content (AvgIpc) is 2.05. The molecule has 3 nitrogen and oxygen atoms in total. The smallest absolute Gasteiger partial charge is 0.178 e. The molecule has 0 aliphatic rings. The molecule has 0 spiro atoms. The minimum absolute atomic E-state index is 0.0119. The Kier molecular flexibility index (Phi) is 2.21. The minimum atomic E-state index is -0.0119. The average molecular weight is 150 g/mol. The predicted octanol–water partition coefficient (Wildman–Crippen LogP) is 1.33. The van der Waals surface area contributed by atoms with E-state index in [2.05, 4.69) is 10.3 Å². The second kappa shape index (κ2) is 3.14. The molecule has 0 radical (unpaired) electrons. The van der Waals surface area contributed by atoms with Gasteiger partial charge < -0.3 is 5.32 Å². The van der Waals surface area contributed by atoms with E-state index in [-0.39, 0.29) is 5.78 Å². The van der Waals surface area contributed by atoms with Crippen LogP contribution in [0.1, 0.15) is 17.4 Å². The highest BCUT2D eigenvalue weighted by Crippen LogP contribution is 2.03. The zero-order valence-corrected chi connectivity index (χ0v) is 6.59. The molecule has 3 heteroatoms. The highest BCUT2D eigenvalue weighted by atomic mass is 16.1. The molecule has 0 aliphatic heterocycles. The number of ketones is 1. The van der Waals surface area contributed by atoms with Gasteiger partial charge in [0.25, 0.3) is 0 Å². The summed E-state index contributed by atoms with van der Waals surface area (Å²) in [7, 11) is 1.77. The molecule has 0 fully saturated rings. The standard InChI is InChI=1S/C8H10N2O/c1-6(11)7-4-3-5-8(9-2)10-7/h3-5H,1-2H3,(H,9,10). The van der Waals surface area contributed by atoms with Gasteiger partial charge in [-0.1, -0.05) is 6.07 Å². The summed E-state index contributed by atoms with van der Waals surface area (Å²) in [5, 5.41) is 2.86. The fourth-order valence-electron chi connectivity index (χ4n) is 0.770. The molecular formula is C8H10N2O. The van der Waals surface area contributed by atoms with Gasteiger partial charge in [0.05, 0.1) is 0 Å². The molecule has 1 aromatic heterocycles. The molecule has 1 aromatic rings. The number of nitrogens with one attached hydrogen (secondary N) is 1. The van der Waals surface area contributed by atoms with Gasteiger partial charge in [0.1, 0.15) is 11.5 Å². The molecule has 1 N–H and O–H groups in total. The van der Waals surface area contributed by atoms with E-state index in [1.54, 1.807) is 19.2 Å². The molecule has 0 amide bonds. The number of nitrogens with zero attached hydrogens (tertiary/aromatic N) is 1. The lowest BCUT2D eigenvalue weighted by Crippen LogP contribution is -1.99.